The van der Waals surface area contributed by atoms with Gasteiger partial charge in [-0.2, -0.15) is 0 Å². The summed E-state index contributed by atoms with van der Waals surface area (Å²) in [6, 6.07) is 14.1. The van der Waals surface area contributed by atoms with Crippen LogP contribution in [0.3, 0.4) is 0 Å². The van der Waals surface area contributed by atoms with Gasteiger partial charge in [-0.05, 0) is 56.9 Å². The van der Waals surface area contributed by atoms with E-state index in [1.807, 2.05) is 31.2 Å². The molecule has 1 aliphatic rings. The summed E-state index contributed by atoms with van der Waals surface area (Å²) in [5, 5.41) is 3.16. The third-order valence-electron chi connectivity index (χ3n) is 5.89. The summed E-state index contributed by atoms with van der Waals surface area (Å²) in [5.74, 6) is 1.07. The van der Waals surface area contributed by atoms with E-state index in [1.54, 1.807) is 16.7 Å². The molecule has 1 aliphatic carbocycles. The number of hydrogen-bond donors (Lipinski definition) is 1. The van der Waals surface area contributed by atoms with Crippen LogP contribution in [-0.2, 0) is 21.9 Å². The lowest BCUT2D eigenvalue weighted by Crippen LogP contribution is -2.50. The second-order valence-corrected chi connectivity index (χ2v) is 10.7. The number of carbonyl (C=O) groups is 2. The lowest BCUT2D eigenvalue weighted by Gasteiger charge is -2.29. The Balaban J connectivity index is 1.66. The minimum absolute atomic E-state index is 0.00609. The van der Waals surface area contributed by atoms with Crippen molar-refractivity contribution in [1.29, 1.82) is 0 Å². The Bertz CT molecular complexity index is 923. The molecule has 1 N–H and O–H groups in total. The van der Waals surface area contributed by atoms with Gasteiger partial charge in [0.25, 0.3) is 0 Å². The van der Waals surface area contributed by atoms with Gasteiger partial charge in [0.2, 0.25) is 11.8 Å². The predicted octanol–water partition coefficient (Wildman–Crippen LogP) is 5.78. The van der Waals surface area contributed by atoms with Crippen LogP contribution in [0.2, 0.25) is 0 Å². The molecule has 1 atom stereocenters. The van der Waals surface area contributed by atoms with Crippen molar-refractivity contribution in [3.8, 4) is 0 Å². The minimum atomic E-state index is -0.510. The Morgan fingerprint density at radius 2 is 1.78 bits per heavy atom. The van der Waals surface area contributed by atoms with E-state index < -0.39 is 6.04 Å². The van der Waals surface area contributed by atoms with Gasteiger partial charge in [0, 0.05) is 22.8 Å². The maximum Gasteiger partial charge on any atom is 0.242 e. The van der Waals surface area contributed by atoms with Gasteiger partial charge in [0.15, 0.2) is 0 Å². The third kappa shape index (κ3) is 7.38. The summed E-state index contributed by atoms with van der Waals surface area (Å²) < 4.78 is 0.967. The molecule has 1 saturated carbocycles. The average Bonchev–Trinajstić information content (AvgIpc) is 3.24. The lowest BCUT2D eigenvalue weighted by atomic mass is 10.1. The summed E-state index contributed by atoms with van der Waals surface area (Å²) in [6.07, 6.45) is 4.39. The molecule has 3 rings (SSSR count). The first-order valence-electron chi connectivity index (χ1n) is 11.3. The number of aryl methyl sites for hydroxylation is 2. The first kappa shape index (κ1) is 24.8. The number of hydrogen-bond acceptors (Lipinski definition) is 3. The number of halogens is 1. The molecule has 1 fully saturated rings. The maximum atomic E-state index is 13.3. The van der Waals surface area contributed by atoms with E-state index in [9.17, 15) is 9.59 Å². The van der Waals surface area contributed by atoms with Crippen LogP contribution in [0.15, 0.2) is 46.9 Å². The van der Waals surface area contributed by atoms with Crippen molar-refractivity contribution in [3.05, 3.63) is 69.2 Å². The van der Waals surface area contributed by atoms with E-state index in [1.165, 1.54) is 16.7 Å². The highest BCUT2D eigenvalue weighted by Gasteiger charge is 2.28. The maximum absolute atomic E-state index is 13.3. The van der Waals surface area contributed by atoms with Crippen LogP contribution < -0.4 is 5.32 Å². The second-order valence-electron chi connectivity index (χ2n) is 8.81. The van der Waals surface area contributed by atoms with Gasteiger partial charge in [-0.3, -0.25) is 9.59 Å². The molecule has 0 heterocycles. The predicted molar refractivity (Wildman–Crippen MR) is 137 cm³/mol. The number of thioether (sulfide) groups is 1. The SMILES string of the molecule is Cc1cc(C)cc(CSCC(=O)N(Cc2cccc(Br)c2)C(C)C(=O)NC2CCCC2)c1. The summed E-state index contributed by atoms with van der Waals surface area (Å²) >= 11 is 5.11. The van der Waals surface area contributed by atoms with Crippen molar-refractivity contribution >= 4 is 39.5 Å². The summed E-state index contributed by atoms with van der Waals surface area (Å²) in [5.41, 5.74) is 4.71. The first-order valence-corrected chi connectivity index (χ1v) is 13.3. The van der Waals surface area contributed by atoms with E-state index in [4.69, 9.17) is 0 Å². The molecule has 0 aliphatic heterocycles. The van der Waals surface area contributed by atoms with Crippen molar-refractivity contribution in [2.24, 2.45) is 0 Å². The molecule has 0 aromatic heterocycles. The Hall–Kier alpha value is -1.79. The highest BCUT2D eigenvalue weighted by atomic mass is 79.9. The molecule has 32 heavy (non-hydrogen) atoms. The number of rotatable bonds is 9. The van der Waals surface area contributed by atoms with Crippen molar-refractivity contribution < 1.29 is 9.59 Å². The molecule has 6 heteroatoms. The molecule has 0 spiro atoms. The zero-order valence-electron chi connectivity index (χ0n) is 19.2. The zero-order chi connectivity index (χ0) is 23.1. The van der Waals surface area contributed by atoms with Gasteiger partial charge in [-0.15, -0.1) is 11.8 Å². The van der Waals surface area contributed by atoms with Gasteiger partial charge < -0.3 is 10.2 Å². The molecule has 2 aromatic carbocycles. The van der Waals surface area contributed by atoms with Crippen LogP contribution in [0.5, 0.6) is 0 Å². The quantitative estimate of drug-likeness (QED) is 0.459. The summed E-state index contributed by atoms with van der Waals surface area (Å²) in [4.78, 5) is 27.9. The zero-order valence-corrected chi connectivity index (χ0v) is 21.6. The molecule has 1 unspecified atom stereocenters. The van der Waals surface area contributed by atoms with E-state index in [0.29, 0.717) is 12.3 Å². The smallest absolute Gasteiger partial charge is 0.242 e. The van der Waals surface area contributed by atoms with Gasteiger partial charge in [-0.25, -0.2) is 0 Å². The van der Waals surface area contributed by atoms with Gasteiger partial charge in [0.1, 0.15) is 6.04 Å². The molecule has 172 valence electrons. The van der Waals surface area contributed by atoms with Crippen molar-refractivity contribution in [2.75, 3.05) is 5.75 Å². The van der Waals surface area contributed by atoms with Gasteiger partial charge in [-0.1, -0.05) is 70.2 Å². The fraction of sp³-hybridized carbons (Fsp3) is 0.462. The fourth-order valence-corrected chi connectivity index (χ4v) is 5.59. The highest BCUT2D eigenvalue weighted by Crippen LogP contribution is 2.21. The highest BCUT2D eigenvalue weighted by molar-refractivity contribution is 9.10. The van der Waals surface area contributed by atoms with Crippen molar-refractivity contribution in [2.45, 2.75) is 70.8 Å². The van der Waals surface area contributed by atoms with E-state index >= 15 is 0 Å². The summed E-state index contributed by atoms with van der Waals surface area (Å²) in [6.45, 7) is 6.45. The molecule has 4 nitrogen and oxygen atoms in total. The van der Waals surface area contributed by atoms with E-state index in [-0.39, 0.29) is 17.9 Å². The van der Waals surface area contributed by atoms with Crippen molar-refractivity contribution in [1.82, 2.24) is 10.2 Å². The molecular weight excluding hydrogens is 484 g/mol. The Morgan fingerprint density at radius 3 is 2.44 bits per heavy atom. The Labute approximate surface area is 204 Å². The van der Waals surface area contributed by atoms with Crippen LogP contribution in [0.1, 0.15) is 54.9 Å². The molecule has 0 bridgehead atoms. The Morgan fingerprint density at radius 1 is 1.09 bits per heavy atom. The lowest BCUT2D eigenvalue weighted by molar-refractivity contribution is -0.138. The van der Waals surface area contributed by atoms with Gasteiger partial charge in [0.05, 0.1) is 5.75 Å². The van der Waals surface area contributed by atoms with E-state index in [2.05, 4.69) is 53.3 Å². The fourth-order valence-electron chi connectivity index (χ4n) is 4.30. The summed E-state index contributed by atoms with van der Waals surface area (Å²) in [7, 11) is 0. The van der Waals surface area contributed by atoms with Crippen LogP contribution in [0, 0.1) is 13.8 Å². The van der Waals surface area contributed by atoms with Crippen molar-refractivity contribution in [3.63, 3.8) is 0 Å². The van der Waals surface area contributed by atoms with Crippen LogP contribution in [-0.4, -0.2) is 34.6 Å². The molecule has 0 saturated heterocycles. The molecule has 0 radical (unpaired) electrons. The van der Waals surface area contributed by atoms with Crippen LogP contribution >= 0.6 is 27.7 Å². The second kappa shape index (κ2) is 11.9. The number of benzene rings is 2. The third-order valence-corrected chi connectivity index (χ3v) is 7.37. The standard InChI is InChI=1S/C26H33BrN2O2S/c1-18-11-19(2)13-22(12-18)16-32-17-25(30)29(15-21-7-6-8-23(27)14-21)20(3)26(31)28-24-9-4-5-10-24/h6-8,11-14,20,24H,4-5,9-10,15-17H2,1-3H3,(H,28,31). The van der Waals surface area contributed by atoms with Gasteiger partial charge >= 0.3 is 0 Å². The molecule has 2 aromatic rings. The number of nitrogens with one attached hydrogen (secondary N) is 1. The first-order chi connectivity index (χ1) is 15.3. The average molecular weight is 518 g/mol. The number of amides is 2. The van der Waals surface area contributed by atoms with E-state index in [0.717, 1.165) is 41.5 Å². The minimum Gasteiger partial charge on any atom is -0.352 e. The van der Waals surface area contributed by atoms with Crippen LogP contribution in [0.4, 0.5) is 0 Å². The largest absolute Gasteiger partial charge is 0.352 e. The normalized spacial score (nSPS) is 14.9. The van der Waals surface area contributed by atoms with Crippen LogP contribution in [0.25, 0.3) is 0 Å². The number of carbonyl (C=O) groups excluding carboxylic acids is 2. The molecule has 2 amide bonds. The Kier molecular flexibility index (Phi) is 9.23. The monoisotopic (exact) mass is 516 g/mol. The molecular formula is C26H33BrN2O2S. The topological polar surface area (TPSA) is 49.4 Å². The number of nitrogens with zero attached hydrogens (tertiary/aromatic N) is 1.